The van der Waals surface area contributed by atoms with E-state index >= 15 is 0 Å². The summed E-state index contributed by atoms with van der Waals surface area (Å²) < 4.78 is 0. The molecule has 1 unspecified atom stereocenters. The quantitative estimate of drug-likeness (QED) is 0.867. The first-order valence-corrected chi connectivity index (χ1v) is 9.57. The van der Waals surface area contributed by atoms with E-state index in [4.69, 9.17) is 0 Å². The smallest absolute Gasteiger partial charge is 0.317 e. The Morgan fingerprint density at radius 1 is 1.27 bits per heavy atom. The van der Waals surface area contributed by atoms with Gasteiger partial charge in [0.1, 0.15) is 0 Å². The molecule has 6 nitrogen and oxygen atoms in total. The lowest BCUT2D eigenvalue weighted by Crippen LogP contribution is -2.54. The highest BCUT2D eigenvalue weighted by Crippen LogP contribution is 2.25. The van der Waals surface area contributed by atoms with Crippen molar-refractivity contribution >= 4 is 11.9 Å². The molecule has 2 saturated heterocycles. The number of urea groups is 1. The van der Waals surface area contributed by atoms with Gasteiger partial charge in [0.05, 0.1) is 12.1 Å². The monoisotopic (exact) mass is 358 g/mol. The molecular weight excluding hydrogens is 328 g/mol. The van der Waals surface area contributed by atoms with Gasteiger partial charge in [0.25, 0.3) is 0 Å². The van der Waals surface area contributed by atoms with E-state index in [0.717, 1.165) is 25.1 Å². The molecule has 1 aromatic rings. The number of rotatable bonds is 4. The van der Waals surface area contributed by atoms with Crippen molar-refractivity contribution in [1.29, 1.82) is 0 Å². The van der Waals surface area contributed by atoms with E-state index in [-0.39, 0.29) is 30.1 Å². The average Bonchev–Trinajstić information content (AvgIpc) is 3.13. The Balaban J connectivity index is 1.64. The second-order valence-electron chi connectivity index (χ2n) is 7.69. The van der Waals surface area contributed by atoms with Crippen LogP contribution in [0.15, 0.2) is 30.3 Å². The van der Waals surface area contributed by atoms with Crippen molar-refractivity contribution in [3.05, 3.63) is 35.9 Å². The number of likely N-dealkylation sites (N-methyl/N-ethyl adjacent to an activating group) is 1. The molecule has 142 valence electrons. The van der Waals surface area contributed by atoms with Crippen LogP contribution in [0.1, 0.15) is 44.7 Å². The first-order chi connectivity index (χ1) is 12.5. The van der Waals surface area contributed by atoms with E-state index in [9.17, 15) is 9.59 Å². The summed E-state index contributed by atoms with van der Waals surface area (Å²) in [7, 11) is 1.88. The van der Waals surface area contributed by atoms with Crippen molar-refractivity contribution in [2.24, 2.45) is 0 Å². The average molecular weight is 358 g/mol. The van der Waals surface area contributed by atoms with Crippen LogP contribution in [-0.2, 0) is 4.79 Å². The van der Waals surface area contributed by atoms with Gasteiger partial charge in [0.2, 0.25) is 5.91 Å². The maximum absolute atomic E-state index is 12.8. The highest BCUT2D eigenvalue weighted by atomic mass is 16.2. The molecule has 0 saturated carbocycles. The Labute approximate surface area is 155 Å². The number of nitrogens with zero attached hydrogens (tertiary/aromatic N) is 2. The van der Waals surface area contributed by atoms with Crippen molar-refractivity contribution in [3.63, 3.8) is 0 Å². The molecule has 2 aliphatic rings. The minimum absolute atomic E-state index is 0.0427. The summed E-state index contributed by atoms with van der Waals surface area (Å²) in [5.41, 5.74) is 1.03. The van der Waals surface area contributed by atoms with Crippen molar-refractivity contribution in [1.82, 2.24) is 20.4 Å². The number of carbonyl (C=O) groups is 2. The molecule has 2 heterocycles. The maximum Gasteiger partial charge on any atom is 0.317 e. The van der Waals surface area contributed by atoms with Gasteiger partial charge in [-0.25, -0.2) is 4.79 Å². The summed E-state index contributed by atoms with van der Waals surface area (Å²) in [6, 6.07) is 10.3. The fraction of sp³-hybridized carbons (Fsp3) is 0.600. The van der Waals surface area contributed by atoms with Gasteiger partial charge < -0.3 is 15.5 Å². The molecule has 0 aromatic heterocycles. The summed E-state index contributed by atoms with van der Waals surface area (Å²) in [5, 5.41) is 6.20. The zero-order valence-electron chi connectivity index (χ0n) is 15.9. The second-order valence-corrected chi connectivity index (χ2v) is 7.69. The van der Waals surface area contributed by atoms with E-state index in [1.165, 1.54) is 0 Å². The van der Waals surface area contributed by atoms with E-state index in [0.29, 0.717) is 18.9 Å². The lowest BCUT2D eigenvalue weighted by atomic mass is 9.92. The van der Waals surface area contributed by atoms with E-state index in [1.807, 2.05) is 42.3 Å². The Morgan fingerprint density at radius 2 is 2.00 bits per heavy atom. The number of piperidine rings is 1. The predicted octanol–water partition coefficient (Wildman–Crippen LogP) is 2.13. The third kappa shape index (κ3) is 4.18. The largest absolute Gasteiger partial charge is 0.347 e. The Hall–Kier alpha value is -2.08. The standard InChI is InChI=1S/C20H30N4O2/c1-14(2)24-12-11-16(13-24)23(3)20(26)21-17-9-10-18(25)22-19(17)15-7-5-4-6-8-15/h4-8,14,16-17,19H,9-13H2,1-3H3,(H,21,26)(H,22,25)/t16?,17-,19+/m1/s1. The van der Waals surface area contributed by atoms with E-state index in [1.54, 1.807) is 0 Å². The zero-order valence-corrected chi connectivity index (χ0v) is 15.9. The third-order valence-corrected chi connectivity index (χ3v) is 5.66. The van der Waals surface area contributed by atoms with Crippen molar-refractivity contribution in [2.75, 3.05) is 20.1 Å². The van der Waals surface area contributed by atoms with Crippen LogP contribution in [0.5, 0.6) is 0 Å². The lowest BCUT2D eigenvalue weighted by molar-refractivity contribution is -0.123. The Kier molecular flexibility index (Phi) is 5.81. The number of benzene rings is 1. The van der Waals surface area contributed by atoms with E-state index < -0.39 is 0 Å². The van der Waals surface area contributed by atoms with Crippen LogP contribution >= 0.6 is 0 Å². The van der Waals surface area contributed by atoms with Crippen LogP contribution in [0.4, 0.5) is 4.79 Å². The van der Waals surface area contributed by atoms with Crippen LogP contribution in [0.2, 0.25) is 0 Å². The summed E-state index contributed by atoms with van der Waals surface area (Å²) in [5.74, 6) is 0.0427. The molecule has 0 aliphatic carbocycles. The van der Waals surface area contributed by atoms with Gasteiger partial charge in [-0.1, -0.05) is 30.3 Å². The van der Waals surface area contributed by atoms with Crippen LogP contribution in [-0.4, -0.2) is 60.0 Å². The third-order valence-electron chi connectivity index (χ3n) is 5.66. The van der Waals surface area contributed by atoms with Crippen LogP contribution in [0, 0.1) is 0 Å². The molecule has 0 bridgehead atoms. The molecule has 2 aliphatic heterocycles. The van der Waals surface area contributed by atoms with Gasteiger partial charge in [-0.2, -0.15) is 0 Å². The molecule has 2 N–H and O–H groups in total. The molecule has 3 rings (SSSR count). The van der Waals surface area contributed by atoms with E-state index in [2.05, 4.69) is 29.4 Å². The molecule has 26 heavy (non-hydrogen) atoms. The molecule has 6 heteroatoms. The zero-order chi connectivity index (χ0) is 18.7. The normalized spacial score (nSPS) is 26.6. The number of hydrogen-bond donors (Lipinski definition) is 2. The molecule has 3 atom stereocenters. The van der Waals surface area contributed by atoms with Crippen molar-refractivity contribution in [2.45, 2.75) is 57.3 Å². The maximum atomic E-state index is 12.8. The minimum Gasteiger partial charge on any atom is -0.347 e. The molecule has 3 amide bonds. The highest BCUT2D eigenvalue weighted by Gasteiger charge is 2.34. The van der Waals surface area contributed by atoms with Gasteiger partial charge in [0.15, 0.2) is 0 Å². The van der Waals surface area contributed by atoms with Crippen LogP contribution in [0.3, 0.4) is 0 Å². The van der Waals surface area contributed by atoms with Crippen molar-refractivity contribution in [3.8, 4) is 0 Å². The number of carbonyl (C=O) groups excluding carboxylic acids is 2. The topological polar surface area (TPSA) is 64.7 Å². The molecule has 0 spiro atoms. The number of likely N-dealkylation sites (tertiary alicyclic amines) is 1. The summed E-state index contributed by atoms with van der Waals surface area (Å²) >= 11 is 0. The Morgan fingerprint density at radius 3 is 2.65 bits per heavy atom. The molecule has 1 aromatic carbocycles. The SMILES string of the molecule is CC(C)N1CCC(N(C)C(=O)N[C@@H]2CCC(=O)N[C@H]2c2ccccc2)C1. The summed E-state index contributed by atoms with van der Waals surface area (Å²) in [4.78, 5) is 28.9. The number of nitrogens with one attached hydrogen (secondary N) is 2. The number of hydrogen-bond acceptors (Lipinski definition) is 3. The Bertz CT molecular complexity index is 634. The minimum atomic E-state index is -0.175. The summed E-state index contributed by atoms with van der Waals surface area (Å²) in [6.07, 6.45) is 2.11. The molecular formula is C20H30N4O2. The first-order valence-electron chi connectivity index (χ1n) is 9.57. The van der Waals surface area contributed by atoms with Crippen molar-refractivity contribution < 1.29 is 9.59 Å². The van der Waals surface area contributed by atoms with Gasteiger partial charge in [-0.05, 0) is 32.3 Å². The van der Waals surface area contributed by atoms with Gasteiger partial charge in [-0.3, -0.25) is 9.69 Å². The molecule has 2 fully saturated rings. The second kappa shape index (κ2) is 8.08. The first kappa shape index (κ1) is 18.7. The fourth-order valence-corrected chi connectivity index (χ4v) is 3.91. The van der Waals surface area contributed by atoms with Gasteiger partial charge >= 0.3 is 6.03 Å². The van der Waals surface area contributed by atoms with Crippen LogP contribution in [0.25, 0.3) is 0 Å². The molecule has 0 radical (unpaired) electrons. The van der Waals surface area contributed by atoms with Crippen LogP contribution < -0.4 is 10.6 Å². The lowest BCUT2D eigenvalue weighted by Gasteiger charge is -2.35. The highest BCUT2D eigenvalue weighted by molar-refractivity contribution is 5.79. The fourth-order valence-electron chi connectivity index (χ4n) is 3.91. The summed E-state index contributed by atoms with van der Waals surface area (Å²) in [6.45, 7) is 6.34. The number of amides is 3. The van der Waals surface area contributed by atoms with Gasteiger partial charge in [0, 0.05) is 38.6 Å². The van der Waals surface area contributed by atoms with Gasteiger partial charge in [-0.15, -0.1) is 0 Å². The predicted molar refractivity (Wildman–Crippen MR) is 102 cm³/mol.